The molecular formula is C22H28N2O3. The number of hydrogen-bond donors (Lipinski definition) is 0. The molecule has 5 heteroatoms. The number of carbonyl (C=O) groups is 1. The fourth-order valence-corrected chi connectivity index (χ4v) is 4.02. The van der Waals surface area contributed by atoms with Crippen molar-refractivity contribution in [3.8, 4) is 5.75 Å². The van der Waals surface area contributed by atoms with E-state index in [4.69, 9.17) is 9.15 Å². The van der Waals surface area contributed by atoms with Gasteiger partial charge in [-0.25, -0.2) is 0 Å². The van der Waals surface area contributed by atoms with Crippen LogP contribution in [0.2, 0.25) is 0 Å². The molecule has 2 aliphatic heterocycles. The van der Waals surface area contributed by atoms with Gasteiger partial charge in [-0.3, -0.25) is 9.69 Å². The molecule has 144 valence electrons. The summed E-state index contributed by atoms with van der Waals surface area (Å²) in [4.78, 5) is 17.3. The second-order valence-corrected chi connectivity index (χ2v) is 7.57. The van der Waals surface area contributed by atoms with Crippen molar-refractivity contribution in [1.82, 2.24) is 9.80 Å². The Bertz CT molecular complexity index is 730. The number of benzene rings is 1. The van der Waals surface area contributed by atoms with Crippen molar-refractivity contribution in [3.05, 3.63) is 54.0 Å². The fourth-order valence-electron chi connectivity index (χ4n) is 4.02. The van der Waals surface area contributed by atoms with Crippen LogP contribution in [-0.2, 0) is 6.54 Å². The fraction of sp³-hybridized carbons (Fsp3) is 0.500. The van der Waals surface area contributed by atoms with E-state index in [0.29, 0.717) is 5.56 Å². The number of ether oxygens (including phenoxy) is 1. The molecule has 0 atom stereocenters. The van der Waals surface area contributed by atoms with Gasteiger partial charge < -0.3 is 14.1 Å². The standard InChI is InChI=1S/C22H28N2O3/c25-22(24-11-4-1-5-12-24)20-6-2-3-7-21(20)27-19-8-13-23(14-9-19)16-18-10-15-26-17-18/h2-3,6-7,10,15,17,19H,1,4-5,8-9,11-14,16H2. The largest absolute Gasteiger partial charge is 0.489 e. The molecule has 0 N–H and O–H groups in total. The van der Waals surface area contributed by atoms with Gasteiger partial charge in [0.1, 0.15) is 11.9 Å². The lowest BCUT2D eigenvalue weighted by molar-refractivity contribution is 0.0702. The van der Waals surface area contributed by atoms with Gasteiger partial charge in [0.15, 0.2) is 0 Å². The first kappa shape index (κ1) is 18.1. The van der Waals surface area contributed by atoms with Crippen LogP contribution in [0, 0.1) is 0 Å². The van der Waals surface area contributed by atoms with Gasteiger partial charge >= 0.3 is 0 Å². The summed E-state index contributed by atoms with van der Waals surface area (Å²) >= 11 is 0. The van der Waals surface area contributed by atoms with E-state index in [9.17, 15) is 4.79 Å². The Morgan fingerprint density at radius 2 is 1.81 bits per heavy atom. The summed E-state index contributed by atoms with van der Waals surface area (Å²) in [5, 5.41) is 0. The number of nitrogens with zero attached hydrogens (tertiary/aromatic N) is 2. The molecular weight excluding hydrogens is 340 g/mol. The van der Waals surface area contributed by atoms with E-state index in [0.717, 1.165) is 64.2 Å². The SMILES string of the molecule is O=C(c1ccccc1OC1CCN(Cc2ccoc2)CC1)N1CCCCC1. The Kier molecular flexibility index (Phi) is 5.78. The average molecular weight is 368 g/mol. The molecule has 0 unspecified atom stereocenters. The first-order chi connectivity index (χ1) is 13.3. The van der Waals surface area contributed by atoms with E-state index in [-0.39, 0.29) is 12.0 Å². The van der Waals surface area contributed by atoms with E-state index in [1.807, 2.05) is 41.5 Å². The second-order valence-electron chi connectivity index (χ2n) is 7.57. The molecule has 0 spiro atoms. The minimum Gasteiger partial charge on any atom is -0.489 e. The van der Waals surface area contributed by atoms with E-state index in [1.165, 1.54) is 12.0 Å². The average Bonchev–Trinajstić information content (AvgIpc) is 3.23. The minimum absolute atomic E-state index is 0.114. The van der Waals surface area contributed by atoms with Gasteiger partial charge in [-0.15, -0.1) is 0 Å². The first-order valence-electron chi connectivity index (χ1n) is 10.1. The molecule has 3 heterocycles. The lowest BCUT2D eigenvalue weighted by Crippen LogP contribution is -2.38. The number of rotatable bonds is 5. The third-order valence-electron chi connectivity index (χ3n) is 5.58. The molecule has 1 amide bonds. The van der Waals surface area contributed by atoms with Crippen LogP contribution in [0.4, 0.5) is 0 Å². The maximum Gasteiger partial charge on any atom is 0.257 e. The molecule has 5 nitrogen and oxygen atoms in total. The Hall–Kier alpha value is -2.27. The smallest absolute Gasteiger partial charge is 0.257 e. The van der Waals surface area contributed by atoms with Crippen molar-refractivity contribution in [2.75, 3.05) is 26.2 Å². The number of hydrogen-bond acceptors (Lipinski definition) is 4. The Labute approximate surface area is 160 Å². The Morgan fingerprint density at radius 1 is 1.04 bits per heavy atom. The summed E-state index contributed by atoms with van der Waals surface area (Å²) in [7, 11) is 0. The van der Waals surface area contributed by atoms with Gasteiger partial charge in [-0.2, -0.15) is 0 Å². The number of likely N-dealkylation sites (tertiary alicyclic amines) is 2. The number of furan rings is 1. The highest BCUT2D eigenvalue weighted by molar-refractivity contribution is 5.97. The maximum absolute atomic E-state index is 12.9. The van der Waals surface area contributed by atoms with Crippen LogP contribution >= 0.6 is 0 Å². The monoisotopic (exact) mass is 368 g/mol. The van der Waals surface area contributed by atoms with Crippen LogP contribution in [0.25, 0.3) is 0 Å². The summed E-state index contributed by atoms with van der Waals surface area (Å²) in [6.45, 7) is 4.64. The molecule has 2 saturated heterocycles. The van der Waals surface area contributed by atoms with Crippen LogP contribution in [-0.4, -0.2) is 48.0 Å². The van der Waals surface area contributed by atoms with Crippen molar-refractivity contribution in [2.45, 2.75) is 44.8 Å². The molecule has 1 aromatic carbocycles. The summed E-state index contributed by atoms with van der Waals surface area (Å²) < 4.78 is 11.4. The molecule has 0 saturated carbocycles. The van der Waals surface area contributed by atoms with E-state index >= 15 is 0 Å². The van der Waals surface area contributed by atoms with Gasteiger partial charge in [0.25, 0.3) is 5.91 Å². The Balaban J connectivity index is 1.35. The zero-order valence-electron chi connectivity index (χ0n) is 15.8. The quantitative estimate of drug-likeness (QED) is 0.802. The van der Waals surface area contributed by atoms with Gasteiger partial charge in [0.05, 0.1) is 18.1 Å². The van der Waals surface area contributed by atoms with Crippen molar-refractivity contribution in [3.63, 3.8) is 0 Å². The lowest BCUT2D eigenvalue weighted by atomic mass is 10.1. The second kappa shape index (κ2) is 8.61. The molecule has 0 bridgehead atoms. The number of para-hydroxylation sites is 1. The van der Waals surface area contributed by atoms with E-state index in [2.05, 4.69) is 4.90 Å². The molecule has 0 aliphatic carbocycles. The molecule has 2 aliphatic rings. The first-order valence-corrected chi connectivity index (χ1v) is 10.1. The third kappa shape index (κ3) is 4.53. The third-order valence-corrected chi connectivity index (χ3v) is 5.58. The highest BCUT2D eigenvalue weighted by Crippen LogP contribution is 2.26. The predicted molar refractivity (Wildman–Crippen MR) is 104 cm³/mol. The van der Waals surface area contributed by atoms with Gasteiger partial charge in [0.2, 0.25) is 0 Å². The van der Waals surface area contributed by atoms with Crippen LogP contribution in [0.1, 0.15) is 48.0 Å². The van der Waals surface area contributed by atoms with Gasteiger partial charge in [-0.1, -0.05) is 12.1 Å². The van der Waals surface area contributed by atoms with E-state index < -0.39 is 0 Å². The topological polar surface area (TPSA) is 45.9 Å². The summed E-state index contributed by atoms with van der Waals surface area (Å²) in [5.41, 5.74) is 1.92. The number of amides is 1. The summed E-state index contributed by atoms with van der Waals surface area (Å²) in [6.07, 6.45) is 9.08. The summed E-state index contributed by atoms with van der Waals surface area (Å²) in [6, 6.07) is 9.74. The normalized spacial score (nSPS) is 19.2. The van der Waals surface area contributed by atoms with Crippen LogP contribution in [0.3, 0.4) is 0 Å². The Morgan fingerprint density at radius 3 is 2.56 bits per heavy atom. The van der Waals surface area contributed by atoms with Crippen molar-refractivity contribution in [2.24, 2.45) is 0 Å². The van der Waals surface area contributed by atoms with Crippen LogP contribution in [0.15, 0.2) is 47.3 Å². The highest BCUT2D eigenvalue weighted by Gasteiger charge is 2.25. The molecule has 2 aromatic rings. The van der Waals surface area contributed by atoms with Gasteiger partial charge in [-0.05, 0) is 50.3 Å². The number of piperidine rings is 2. The van der Waals surface area contributed by atoms with Gasteiger partial charge in [0, 0.05) is 38.3 Å². The van der Waals surface area contributed by atoms with Crippen molar-refractivity contribution >= 4 is 5.91 Å². The molecule has 1 aromatic heterocycles. The predicted octanol–water partition coefficient (Wildman–Crippen LogP) is 3.95. The molecule has 27 heavy (non-hydrogen) atoms. The molecule has 4 rings (SSSR count). The van der Waals surface area contributed by atoms with E-state index in [1.54, 1.807) is 6.26 Å². The van der Waals surface area contributed by atoms with Crippen LogP contribution < -0.4 is 4.74 Å². The number of carbonyl (C=O) groups excluding carboxylic acids is 1. The zero-order valence-corrected chi connectivity index (χ0v) is 15.8. The molecule has 0 radical (unpaired) electrons. The summed E-state index contributed by atoms with van der Waals surface area (Å²) in [5.74, 6) is 0.851. The van der Waals surface area contributed by atoms with Crippen LogP contribution in [0.5, 0.6) is 5.75 Å². The van der Waals surface area contributed by atoms with Crippen molar-refractivity contribution in [1.29, 1.82) is 0 Å². The highest BCUT2D eigenvalue weighted by atomic mass is 16.5. The lowest BCUT2D eigenvalue weighted by Gasteiger charge is -2.32. The zero-order chi connectivity index (χ0) is 18.5. The molecule has 2 fully saturated rings. The minimum atomic E-state index is 0.114. The van der Waals surface area contributed by atoms with Crippen molar-refractivity contribution < 1.29 is 13.9 Å². The maximum atomic E-state index is 12.9.